The van der Waals surface area contributed by atoms with Gasteiger partial charge in [0, 0.05) is 6.42 Å². The molecule has 21 heavy (non-hydrogen) atoms. The normalized spacial score (nSPS) is 13.2. The number of benzene rings is 2. The second-order valence-corrected chi connectivity index (χ2v) is 6.34. The number of rotatable bonds is 3. The Bertz CT molecular complexity index is 612. The summed E-state index contributed by atoms with van der Waals surface area (Å²) in [5, 5.41) is 10.1. The summed E-state index contributed by atoms with van der Waals surface area (Å²) in [6, 6.07) is 11.5. The standard InChI is InChI=1S/C18H20F2O/c1-18(2,3)14-7-4-12(5-8-14)10-17(21)13-6-9-15(19)16(20)11-13/h4-9,11,17,21H,10H2,1-3H3. The van der Waals surface area contributed by atoms with Gasteiger partial charge in [-0.25, -0.2) is 8.78 Å². The SMILES string of the molecule is CC(C)(C)c1ccc(CC(O)c2ccc(F)c(F)c2)cc1. The Balaban J connectivity index is 2.12. The van der Waals surface area contributed by atoms with Crippen molar-refractivity contribution >= 4 is 0 Å². The predicted molar refractivity (Wildman–Crippen MR) is 80.2 cm³/mol. The Hall–Kier alpha value is -1.74. The quantitative estimate of drug-likeness (QED) is 0.880. The van der Waals surface area contributed by atoms with E-state index < -0.39 is 17.7 Å². The molecule has 0 heterocycles. The minimum Gasteiger partial charge on any atom is -0.388 e. The van der Waals surface area contributed by atoms with Gasteiger partial charge in [0.1, 0.15) is 0 Å². The highest BCUT2D eigenvalue weighted by molar-refractivity contribution is 5.29. The zero-order valence-corrected chi connectivity index (χ0v) is 12.5. The van der Waals surface area contributed by atoms with Crippen LogP contribution in [-0.4, -0.2) is 5.11 Å². The number of aliphatic hydroxyl groups excluding tert-OH is 1. The number of halogens is 2. The highest BCUT2D eigenvalue weighted by Gasteiger charge is 2.15. The first-order valence-electron chi connectivity index (χ1n) is 7.00. The van der Waals surface area contributed by atoms with E-state index in [0.717, 1.165) is 17.7 Å². The van der Waals surface area contributed by atoms with Crippen LogP contribution < -0.4 is 0 Å². The van der Waals surface area contributed by atoms with Gasteiger partial charge in [0.15, 0.2) is 11.6 Å². The Morgan fingerprint density at radius 1 is 0.952 bits per heavy atom. The molecule has 2 rings (SSSR count). The number of hydrogen-bond acceptors (Lipinski definition) is 1. The Kier molecular flexibility index (Phi) is 4.43. The Labute approximate surface area is 124 Å². The summed E-state index contributed by atoms with van der Waals surface area (Å²) >= 11 is 0. The zero-order valence-electron chi connectivity index (χ0n) is 12.5. The summed E-state index contributed by atoms with van der Waals surface area (Å²) in [7, 11) is 0. The molecule has 0 saturated carbocycles. The highest BCUT2D eigenvalue weighted by Crippen LogP contribution is 2.24. The molecule has 0 fully saturated rings. The largest absolute Gasteiger partial charge is 0.388 e. The highest BCUT2D eigenvalue weighted by atomic mass is 19.2. The summed E-state index contributed by atoms with van der Waals surface area (Å²) in [5.41, 5.74) is 2.64. The second-order valence-electron chi connectivity index (χ2n) is 6.34. The first kappa shape index (κ1) is 15.6. The van der Waals surface area contributed by atoms with Crippen LogP contribution in [0.25, 0.3) is 0 Å². The molecular formula is C18H20F2O. The third kappa shape index (κ3) is 3.88. The van der Waals surface area contributed by atoms with Gasteiger partial charge in [-0.05, 0) is 34.2 Å². The van der Waals surface area contributed by atoms with E-state index in [0.29, 0.717) is 12.0 Å². The lowest BCUT2D eigenvalue weighted by Crippen LogP contribution is -2.11. The van der Waals surface area contributed by atoms with Crippen LogP contribution in [0.3, 0.4) is 0 Å². The van der Waals surface area contributed by atoms with Crippen LogP contribution >= 0.6 is 0 Å². The monoisotopic (exact) mass is 290 g/mol. The molecule has 0 aliphatic carbocycles. The third-order valence-electron chi connectivity index (χ3n) is 3.58. The fraction of sp³-hybridized carbons (Fsp3) is 0.333. The van der Waals surface area contributed by atoms with Crippen LogP contribution in [0, 0.1) is 11.6 Å². The molecule has 1 N–H and O–H groups in total. The van der Waals surface area contributed by atoms with E-state index >= 15 is 0 Å². The molecule has 0 spiro atoms. The van der Waals surface area contributed by atoms with E-state index in [1.807, 2.05) is 24.3 Å². The van der Waals surface area contributed by atoms with Crippen molar-refractivity contribution in [2.45, 2.75) is 38.7 Å². The van der Waals surface area contributed by atoms with Gasteiger partial charge in [0.05, 0.1) is 6.10 Å². The second kappa shape index (κ2) is 5.94. The minimum atomic E-state index is -0.936. The van der Waals surface area contributed by atoms with E-state index in [1.165, 1.54) is 11.6 Å². The minimum absolute atomic E-state index is 0.0806. The fourth-order valence-electron chi connectivity index (χ4n) is 2.20. The van der Waals surface area contributed by atoms with Gasteiger partial charge in [-0.1, -0.05) is 51.1 Å². The van der Waals surface area contributed by atoms with Crippen molar-refractivity contribution in [3.8, 4) is 0 Å². The van der Waals surface area contributed by atoms with Gasteiger partial charge < -0.3 is 5.11 Å². The smallest absolute Gasteiger partial charge is 0.159 e. The van der Waals surface area contributed by atoms with Crippen molar-refractivity contribution < 1.29 is 13.9 Å². The van der Waals surface area contributed by atoms with Gasteiger partial charge in [0.2, 0.25) is 0 Å². The average molecular weight is 290 g/mol. The van der Waals surface area contributed by atoms with Gasteiger partial charge in [-0.3, -0.25) is 0 Å². The van der Waals surface area contributed by atoms with E-state index in [1.54, 1.807) is 0 Å². The van der Waals surface area contributed by atoms with Crippen LogP contribution in [0.2, 0.25) is 0 Å². The van der Waals surface area contributed by atoms with Crippen molar-refractivity contribution in [2.24, 2.45) is 0 Å². The van der Waals surface area contributed by atoms with E-state index in [4.69, 9.17) is 0 Å². The predicted octanol–water partition coefficient (Wildman–Crippen LogP) is 4.54. The van der Waals surface area contributed by atoms with E-state index in [-0.39, 0.29) is 5.41 Å². The van der Waals surface area contributed by atoms with Crippen LogP contribution in [0.15, 0.2) is 42.5 Å². The van der Waals surface area contributed by atoms with Crippen molar-refractivity contribution in [1.29, 1.82) is 0 Å². The summed E-state index contributed by atoms with van der Waals surface area (Å²) in [5.74, 6) is -1.84. The lowest BCUT2D eigenvalue weighted by atomic mass is 9.86. The van der Waals surface area contributed by atoms with Crippen LogP contribution in [0.5, 0.6) is 0 Å². The molecule has 0 amide bonds. The van der Waals surface area contributed by atoms with Gasteiger partial charge >= 0.3 is 0 Å². The van der Waals surface area contributed by atoms with Crippen LogP contribution in [-0.2, 0) is 11.8 Å². The zero-order chi connectivity index (χ0) is 15.6. The lowest BCUT2D eigenvalue weighted by Gasteiger charge is -2.19. The Morgan fingerprint density at radius 2 is 1.57 bits per heavy atom. The topological polar surface area (TPSA) is 20.2 Å². The van der Waals surface area contributed by atoms with Gasteiger partial charge in [-0.15, -0.1) is 0 Å². The maximum atomic E-state index is 13.2. The summed E-state index contributed by atoms with van der Waals surface area (Å²) in [4.78, 5) is 0. The Morgan fingerprint density at radius 3 is 2.10 bits per heavy atom. The van der Waals surface area contributed by atoms with Crippen LogP contribution in [0.4, 0.5) is 8.78 Å². The lowest BCUT2D eigenvalue weighted by molar-refractivity contribution is 0.178. The third-order valence-corrected chi connectivity index (χ3v) is 3.58. The van der Waals surface area contributed by atoms with Crippen LogP contribution in [0.1, 0.15) is 43.6 Å². The van der Waals surface area contributed by atoms with Crippen molar-refractivity contribution in [1.82, 2.24) is 0 Å². The first-order valence-corrected chi connectivity index (χ1v) is 7.00. The van der Waals surface area contributed by atoms with Crippen molar-refractivity contribution in [3.05, 3.63) is 70.8 Å². The van der Waals surface area contributed by atoms with Crippen molar-refractivity contribution in [3.63, 3.8) is 0 Å². The molecule has 1 nitrogen and oxygen atoms in total. The molecule has 1 atom stereocenters. The van der Waals surface area contributed by atoms with Gasteiger partial charge in [0.25, 0.3) is 0 Å². The molecular weight excluding hydrogens is 270 g/mol. The van der Waals surface area contributed by atoms with E-state index in [9.17, 15) is 13.9 Å². The summed E-state index contributed by atoms with van der Waals surface area (Å²) in [6.45, 7) is 6.41. The number of hydrogen-bond donors (Lipinski definition) is 1. The summed E-state index contributed by atoms with van der Waals surface area (Å²) < 4.78 is 26.1. The van der Waals surface area contributed by atoms with Crippen molar-refractivity contribution in [2.75, 3.05) is 0 Å². The maximum absolute atomic E-state index is 13.2. The molecule has 2 aromatic carbocycles. The molecule has 0 saturated heterocycles. The molecule has 112 valence electrons. The molecule has 3 heteroatoms. The van der Waals surface area contributed by atoms with Gasteiger partial charge in [-0.2, -0.15) is 0 Å². The molecule has 1 unspecified atom stereocenters. The molecule has 0 radical (unpaired) electrons. The average Bonchev–Trinajstić information content (AvgIpc) is 2.41. The molecule has 0 bridgehead atoms. The molecule has 0 aliphatic heterocycles. The molecule has 0 aromatic heterocycles. The molecule has 0 aliphatic rings. The summed E-state index contributed by atoms with van der Waals surface area (Å²) in [6.07, 6.45) is -0.476. The molecule has 2 aromatic rings. The fourth-order valence-corrected chi connectivity index (χ4v) is 2.20. The maximum Gasteiger partial charge on any atom is 0.159 e. The first-order chi connectivity index (χ1) is 9.77. The number of aliphatic hydroxyl groups is 1. The van der Waals surface area contributed by atoms with E-state index in [2.05, 4.69) is 20.8 Å².